The smallest absolute Gasteiger partial charge is 0.212 e. The minimum absolute atomic E-state index is 0.133. The molecule has 14 heavy (non-hydrogen) atoms. The maximum atomic E-state index is 10.5. The van der Waals surface area contributed by atoms with Crippen LogP contribution in [0.25, 0.3) is 0 Å². The highest BCUT2D eigenvalue weighted by Crippen LogP contribution is 2.11. The van der Waals surface area contributed by atoms with Crippen LogP contribution in [0.5, 0.6) is 0 Å². The van der Waals surface area contributed by atoms with Crippen molar-refractivity contribution in [2.45, 2.75) is 71.3 Å². The van der Waals surface area contributed by atoms with Crippen LogP contribution in [0.15, 0.2) is 0 Å². The van der Waals surface area contributed by atoms with Crippen LogP contribution in [0.3, 0.4) is 0 Å². The molecule has 0 aromatic heterocycles. The lowest BCUT2D eigenvalue weighted by Gasteiger charge is -2.06. The van der Waals surface area contributed by atoms with Crippen LogP contribution in [-0.2, 0) is 0 Å². The average Bonchev–Trinajstić information content (AvgIpc) is 2.16. The second kappa shape index (κ2) is 8.97. The summed E-state index contributed by atoms with van der Waals surface area (Å²) in [7, 11) is 0. The van der Waals surface area contributed by atoms with Crippen LogP contribution in [0.2, 0.25) is 0 Å². The van der Waals surface area contributed by atoms with E-state index < -0.39 is 0 Å². The van der Waals surface area contributed by atoms with Crippen molar-refractivity contribution < 1.29 is 4.92 Å². The molecule has 0 aliphatic carbocycles. The van der Waals surface area contributed by atoms with Crippen molar-refractivity contribution in [1.29, 1.82) is 0 Å². The molecule has 0 saturated carbocycles. The van der Waals surface area contributed by atoms with E-state index in [-0.39, 0.29) is 11.0 Å². The minimum atomic E-state index is -0.304. The SMILES string of the molecule is CCCCCCCCC(CC)[N+](=O)[O-]. The average molecular weight is 201 g/mol. The largest absolute Gasteiger partial charge is 0.264 e. The van der Waals surface area contributed by atoms with Gasteiger partial charge in [-0.15, -0.1) is 0 Å². The van der Waals surface area contributed by atoms with Gasteiger partial charge < -0.3 is 0 Å². The number of unbranched alkanes of at least 4 members (excludes halogenated alkanes) is 5. The topological polar surface area (TPSA) is 43.1 Å². The summed E-state index contributed by atoms with van der Waals surface area (Å²) in [5, 5.41) is 10.5. The molecule has 0 radical (unpaired) electrons. The third kappa shape index (κ3) is 6.87. The molecule has 0 aromatic carbocycles. The highest BCUT2D eigenvalue weighted by Gasteiger charge is 2.15. The number of hydrogen-bond acceptors (Lipinski definition) is 2. The Labute approximate surface area is 87.0 Å². The van der Waals surface area contributed by atoms with Crippen molar-refractivity contribution >= 4 is 0 Å². The monoisotopic (exact) mass is 201 g/mol. The van der Waals surface area contributed by atoms with Crippen LogP contribution in [0.1, 0.15) is 65.2 Å². The predicted molar refractivity (Wildman–Crippen MR) is 59.1 cm³/mol. The van der Waals surface area contributed by atoms with Crippen molar-refractivity contribution in [3.05, 3.63) is 10.1 Å². The zero-order valence-electron chi connectivity index (χ0n) is 9.50. The van der Waals surface area contributed by atoms with Crippen molar-refractivity contribution in [1.82, 2.24) is 0 Å². The van der Waals surface area contributed by atoms with Gasteiger partial charge in [-0.2, -0.15) is 0 Å². The van der Waals surface area contributed by atoms with E-state index in [4.69, 9.17) is 0 Å². The molecule has 0 amide bonds. The summed E-state index contributed by atoms with van der Waals surface area (Å²) in [6, 6.07) is -0.304. The molecule has 0 aliphatic rings. The van der Waals surface area contributed by atoms with Gasteiger partial charge in [-0.3, -0.25) is 10.1 Å². The highest BCUT2D eigenvalue weighted by molar-refractivity contribution is 4.54. The molecule has 0 bridgehead atoms. The van der Waals surface area contributed by atoms with E-state index in [9.17, 15) is 10.1 Å². The van der Waals surface area contributed by atoms with Crippen LogP contribution in [0.4, 0.5) is 0 Å². The van der Waals surface area contributed by atoms with E-state index in [0.717, 1.165) is 19.3 Å². The van der Waals surface area contributed by atoms with Gasteiger partial charge in [0.2, 0.25) is 6.04 Å². The van der Waals surface area contributed by atoms with E-state index in [0.29, 0.717) is 6.42 Å². The Balaban J connectivity index is 3.29. The van der Waals surface area contributed by atoms with E-state index in [2.05, 4.69) is 6.92 Å². The fraction of sp³-hybridized carbons (Fsp3) is 1.00. The van der Waals surface area contributed by atoms with Gasteiger partial charge >= 0.3 is 0 Å². The Morgan fingerprint density at radius 1 is 1.07 bits per heavy atom. The molecule has 1 atom stereocenters. The molecule has 0 aliphatic heterocycles. The molecule has 0 spiro atoms. The second-order valence-corrected chi connectivity index (χ2v) is 3.90. The summed E-state index contributed by atoms with van der Waals surface area (Å²) in [6.45, 7) is 4.09. The first-order chi connectivity index (χ1) is 6.72. The van der Waals surface area contributed by atoms with Gasteiger partial charge in [0, 0.05) is 17.8 Å². The molecule has 0 N–H and O–H groups in total. The van der Waals surface area contributed by atoms with Gasteiger partial charge in [-0.05, 0) is 6.42 Å². The summed E-state index contributed by atoms with van der Waals surface area (Å²) < 4.78 is 0. The summed E-state index contributed by atoms with van der Waals surface area (Å²) in [4.78, 5) is 10.4. The molecule has 1 unspecified atom stereocenters. The van der Waals surface area contributed by atoms with Crippen molar-refractivity contribution in [2.75, 3.05) is 0 Å². The molecule has 0 rings (SSSR count). The number of nitro groups is 1. The normalized spacial score (nSPS) is 12.7. The summed E-state index contributed by atoms with van der Waals surface area (Å²) in [5.74, 6) is 0. The quantitative estimate of drug-likeness (QED) is 0.323. The molecule has 3 nitrogen and oxygen atoms in total. The predicted octanol–water partition coefficient (Wildman–Crippen LogP) is 3.79. The minimum Gasteiger partial charge on any atom is -0.264 e. The van der Waals surface area contributed by atoms with Gasteiger partial charge in [-0.25, -0.2) is 0 Å². The Bertz CT molecular complexity index is 148. The standard InChI is InChI=1S/C11H23NO2/c1-3-5-6-7-8-9-10-11(4-2)12(13)14/h11H,3-10H2,1-2H3. The van der Waals surface area contributed by atoms with Crippen LogP contribution in [-0.4, -0.2) is 11.0 Å². The van der Waals surface area contributed by atoms with Gasteiger partial charge in [0.25, 0.3) is 0 Å². The molecule has 0 saturated heterocycles. The molecule has 0 heterocycles. The number of rotatable bonds is 9. The van der Waals surface area contributed by atoms with E-state index in [1.165, 1.54) is 25.7 Å². The lowest BCUT2D eigenvalue weighted by Crippen LogP contribution is -2.17. The van der Waals surface area contributed by atoms with Gasteiger partial charge in [0.05, 0.1) is 0 Å². The lowest BCUT2D eigenvalue weighted by molar-refractivity contribution is -0.523. The van der Waals surface area contributed by atoms with Gasteiger partial charge in [0.15, 0.2) is 0 Å². The van der Waals surface area contributed by atoms with Crippen molar-refractivity contribution in [3.63, 3.8) is 0 Å². The first-order valence-electron chi connectivity index (χ1n) is 5.85. The van der Waals surface area contributed by atoms with E-state index >= 15 is 0 Å². The van der Waals surface area contributed by atoms with Gasteiger partial charge in [0.1, 0.15) is 0 Å². The third-order valence-electron chi connectivity index (χ3n) is 2.66. The van der Waals surface area contributed by atoms with Crippen LogP contribution >= 0.6 is 0 Å². The summed E-state index contributed by atoms with van der Waals surface area (Å²) in [6.07, 6.45) is 8.68. The maximum Gasteiger partial charge on any atom is 0.212 e. The lowest BCUT2D eigenvalue weighted by atomic mass is 10.0. The molecule has 0 aromatic rings. The zero-order valence-corrected chi connectivity index (χ0v) is 9.50. The Hall–Kier alpha value is -0.600. The molecule has 84 valence electrons. The Kier molecular flexibility index (Phi) is 8.59. The molecule has 3 heteroatoms. The van der Waals surface area contributed by atoms with Crippen molar-refractivity contribution in [3.8, 4) is 0 Å². The first-order valence-corrected chi connectivity index (χ1v) is 5.85. The van der Waals surface area contributed by atoms with E-state index in [1.807, 2.05) is 6.92 Å². The van der Waals surface area contributed by atoms with Gasteiger partial charge in [-0.1, -0.05) is 46.0 Å². The first kappa shape index (κ1) is 13.4. The number of nitrogens with zero attached hydrogens (tertiary/aromatic N) is 1. The van der Waals surface area contributed by atoms with Crippen molar-refractivity contribution in [2.24, 2.45) is 0 Å². The van der Waals surface area contributed by atoms with Crippen LogP contribution in [0, 0.1) is 10.1 Å². The summed E-state index contributed by atoms with van der Waals surface area (Å²) >= 11 is 0. The Morgan fingerprint density at radius 3 is 2.14 bits per heavy atom. The fourth-order valence-corrected chi connectivity index (χ4v) is 1.62. The molecular weight excluding hydrogens is 178 g/mol. The Morgan fingerprint density at radius 2 is 1.64 bits per heavy atom. The zero-order chi connectivity index (χ0) is 10.8. The molecular formula is C11H23NO2. The molecule has 0 fully saturated rings. The second-order valence-electron chi connectivity index (χ2n) is 3.90. The highest BCUT2D eigenvalue weighted by atomic mass is 16.6. The summed E-state index contributed by atoms with van der Waals surface area (Å²) in [5.41, 5.74) is 0. The third-order valence-corrected chi connectivity index (χ3v) is 2.66. The fourth-order valence-electron chi connectivity index (χ4n) is 1.62. The van der Waals surface area contributed by atoms with E-state index in [1.54, 1.807) is 0 Å². The maximum absolute atomic E-state index is 10.5. The van der Waals surface area contributed by atoms with Crippen LogP contribution < -0.4 is 0 Å². The number of hydrogen-bond donors (Lipinski definition) is 0.